The number of hydrogen-bond donors (Lipinski definition) is 1. The van der Waals surface area contributed by atoms with Gasteiger partial charge in [0.1, 0.15) is 6.17 Å². The maximum absolute atomic E-state index is 12.7. The number of esters is 1. The molecule has 0 radical (unpaired) electrons. The van der Waals surface area contributed by atoms with Gasteiger partial charge in [0.05, 0.1) is 7.11 Å². The minimum absolute atomic E-state index is 0.113. The molecule has 1 N–H and O–H groups in total. The monoisotopic (exact) mass is 192 g/mol. The summed E-state index contributed by atoms with van der Waals surface area (Å²) in [5.74, 6) is -0.252. The van der Waals surface area contributed by atoms with E-state index < -0.39 is 6.17 Å². The molecule has 0 saturated carbocycles. The summed E-state index contributed by atoms with van der Waals surface area (Å²) in [5.41, 5.74) is 0. The van der Waals surface area contributed by atoms with Gasteiger partial charge >= 0.3 is 5.97 Å². The van der Waals surface area contributed by atoms with Crippen LogP contribution in [0.5, 0.6) is 0 Å². The van der Waals surface area contributed by atoms with E-state index in [1.807, 2.05) is 0 Å². The number of alkyl halides is 1. The quantitative estimate of drug-likeness (QED) is 0.490. The van der Waals surface area contributed by atoms with Crippen LogP contribution in [0.2, 0.25) is 0 Å². The van der Waals surface area contributed by atoms with E-state index in [9.17, 15) is 9.18 Å². The molecular formula is C9H17FO3. The van der Waals surface area contributed by atoms with E-state index in [0.717, 1.165) is 0 Å². The number of rotatable bonds is 7. The number of unbranched alkanes of at least 4 members (excludes halogenated alkanes) is 1. The molecule has 0 spiro atoms. The highest BCUT2D eigenvalue weighted by Crippen LogP contribution is 2.09. The van der Waals surface area contributed by atoms with Crippen LogP contribution in [0.4, 0.5) is 4.39 Å². The van der Waals surface area contributed by atoms with Crippen molar-refractivity contribution < 1.29 is 19.0 Å². The van der Waals surface area contributed by atoms with Gasteiger partial charge < -0.3 is 9.84 Å². The van der Waals surface area contributed by atoms with E-state index in [2.05, 4.69) is 4.74 Å². The molecule has 0 bridgehead atoms. The summed E-state index contributed by atoms with van der Waals surface area (Å²) in [6.45, 7) is -0.113. The van der Waals surface area contributed by atoms with Gasteiger partial charge in [-0.2, -0.15) is 0 Å². The Kier molecular flexibility index (Phi) is 7.59. The lowest BCUT2D eigenvalue weighted by Gasteiger charge is -2.04. The van der Waals surface area contributed by atoms with Crippen LogP contribution in [0, 0.1) is 0 Å². The molecule has 3 nitrogen and oxygen atoms in total. The lowest BCUT2D eigenvalue weighted by molar-refractivity contribution is -0.140. The Morgan fingerprint density at radius 3 is 2.69 bits per heavy atom. The van der Waals surface area contributed by atoms with Gasteiger partial charge in [-0.15, -0.1) is 0 Å². The predicted octanol–water partition coefficient (Wildman–Crippen LogP) is 1.44. The van der Waals surface area contributed by atoms with Gasteiger partial charge in [-0.3, -0.25) is 4.79 Å². The molecule has 0 heterocycles. The third kappa shape index (κ3) is 7.71. The molecule has 4 heteroatoms. The minimum Gasteiger partial charge on any atom is -0.469 e. The van der Waals surface area contributed by atoms with Crippen molar-refractivity contribution in [2.24, 2.45) is 0 Å². The molecule has 13 heavy (non-hydrogen) atoms. The lowest BCUT2D eigenvalue weighted by atomic mass is 10.1. The van der Waals surface area contributed by atoms with Gasteiger partial charge in [-0.1, -0.05) is 0 Å². The average molecular weight is 192 g/mol. The highest BCUT2D eigenvalue weighted by Gasteiger charge is 2.06. The number of hydrogen-bond acceptors (Lipinski definition) is 3. The Bertz CT molecular complexity index is 139. The number of aliphatic hydroxyl groups is 1. The van der Waals surface area contributed by atoms with Crippen LogP contribution in [0.1, 0.15) is 32.1 Å². The molecule has 1 unspecified atom stereocenters. The summed E-state index contributed by atoms with van der Waals surface area (Å²) >= 11 is 0. The Labute approximate surface area is 77.9 Å². The molecule has 0 aliphatic heterocycles. The van der Waals surface area contributed by atoms with Gasteiger partial charge in [0, 0.05) is 19.4 Å². The third-order valence-electron chi connectivity index (χ3n) is 1.82. The molecule has 0 aromatic heterocycles. The Balaban J connectivity index is 3.20. The smallest absolute Gasteiger partial charge is 0.305 e. The Morgan fingerprint density at radius 1 is 1.46 bits per heavy atom. The predicted molar refractivity (Wildman–Crippen MR) is 47.1 cm³/mol. The average Bonchev–Trinajstić information content (AvgIpc) is 2.12. The molecule has 0 rings (SSSR count). The van der Waals surface area contributed by atoms with E-state index >= 15 is 0 Å². The summed E-state index contributed by atoms with van der Waals surface area (Å²) in [5, 5.41) is 8.41. The van der Waals surface area contributed by atoms with E-state index in [1.54, 1.807) is 0 Å². The zero-order valence-electron chi connectivity index (χ0n) is 7.96. The van der Waals surface area contributed by atoms with Crippen molar-refractivity contribution in [1.29, 1.82) is 0 Å². The number of halogens is 1. The van der Waals surface area contributed by atoms with Crippen LogP contribution in [0.25, 0.3) is 0 Å². The first kappa shape index (κ1) is 12.4. The Hall–Kier alpha value is -0.640. The molecule has 0 fully saturated rings. The zero-order valence-corrected chi connectivity index (χ0v) is 7.96. The van der Waals surface area contributed by atoms with Gasteiger partial charge in [-0.25, -0.2) is 4.39 Å². The van der Waals surface area contributed by atoms with E-state index in [4.69, 9.17) is 5.11 Å². The lowest BCUT2D eigenvalue weighted by Crippen LogP contribution is -2.04. The van der Waals surface area contributed by atoms with Crippen LogP contribution in [-0.4, -0.2) is 31.0 Å². The zero-order chi connectivity index (χ0) is 10.1. The summed E-state index contributed by atoms with van der Waals surface area (Å²) in [7, 11) is 1.34. The summed E-state index contributed by atoms with van der Waals surface area (Å²) in [6.07, 6.45) is 1.33. The van der Waals surface area contributed by atoms with Crippen LogP contribution in [-0.2, 0) is 9.53 Å². The summed E-state index contributed by atoms with van der Waals surface area (Å²) in [6, 6.07) is 0. The highest BCUT2D eigenvalue weighted by molar-refractivity contribution is 5.68. The van der Waals surface area contributed by atoms with Crippen LogP contribution < -0.4 is 0 Å². The normalized spacial score (nSPS) is 12.5. The largest absolute Gasteiger partial charge is 0.469 e. The van der Waals surface area contributed by atoms with Gasteiger partial charge in [0.25, 0.3) is 0 Å². The maximum Gasteiger partial charge on any atom is 0.305 e. The van der Waals surface area contributed by atoms with Crippen LogP contribution in [0.15, 0.2) is 0 Å². The topological polar surface area (TPSA) is 46.5 Å². The number of methoxy groups -OCH3 is 1. The molecule has 0 aliphatic rings. The van der Waals surface area contributed by atoms with Crippen molar-refractivity contribution in [2.75, 3.05) is 13.7 Å². The standard InChI is InChI=1S/C9H17FO3/c1-13-9(12)5-3-2-4-8(10)6-7-11/h8,11H,2-7H2,1H3. The van der Waals surface area contributed by atoms with Crippen LogP contribution >= 0.6 is 0 Å². The van der Waals surface area contributed by atoms with Crippen LogP contribution in [0.3, 0.4) is 0 Å². The molecule has 0 aliphatic carbocycles. The second-order valence-electron chi connectivity index (χ2n) is 2.93. The van der Waals surface area contributed by atoms with Crippen molar-refractivity contribution >= 4 is 5.97 Å². The molecular weight excluding hydrogens is 175 g/mol. The van der Waals surface area contributed by atoms with Crippen molar-refractivity contribution in [1.82, 2.24) is 0 Å². The third-order valence-corrected chi connectivity index (χ3v) is 1.82. The molecule has 0 aromatic carbocycles. The van der Waals surface area contributed by atoms with Crippen molar-refractivity contribution in [3.05, 3.63) is 0 Å². The van der Waals surface area contributed by atoms with Gasteiger partial charge in [-0.05, 0) is 19.3 Å². The van der Waals surface area contributed by atoms with E-state index in [-0.39, 0.29) is 19.0 Å². The Morgan fingerprint density at radius 2 is 2.15 bits per heavy atom. The second kappa shape index (κ2) is 7.98. The number of carbonyl (C=O) groups is 1. The first-order valence-electron chi connectivity index (χ1n) is 4.52. The minimum atomic E-state index is -0.942. The van der Waals surface area contributed by atoms with E-state index in [0.29, 0.717) is 25.7 Å². The molecule has 78 valence electrons. The molecule has 0 saturated heterocycles. The van der Waals surface area contributed by atoms with Gasteiger partial charge in [0.15, 0.2) is 0 Å². The second-order valence-corrected chi connectivity index (χ2v) is 2.93. The fraction of sp³-hybridized carbons (Fsp3) is 0.889. The first-order chi connectivity index (χ1) is 6.20. The number of carbonyl (C=O) groups excluding carboxylic acids is 1. The summed E-state index contributed by atoms with van der Waals surface area (Å²) in [4.78, 5) is 10.6. The number of aliphatic hydroxyl groups excluding tert-OH is 1. The van der Waals surface area contributed by atoms with Crippen molar-refractivity contribution in [3.8, 4) is 0 Å². The molecule has 0 aromatic rings. The molecule has 0 amide bonds. The fourth-order valence-electron chi connectivity index (χ4n) is 1.02. The molecule has 1 atom stereocenters. The maximum atomic E-state index is 12.7. The first-order valence-corrected chi connectivity index (χ1v) is 4.52. The van der Waals surface area contributed by atoms with Gasteiger partial charge in [0.2, 0.25) is 0 Å². The fourth-order valence-corrected chi connectivity index (χ4v) is 1.02. The van der Waals surface area contributed by atoms with Crippen molar-refractivity contribution in [3.63, 3.8) is 0 Å². The van der Waals surface area contributed by atoms with Crippen molar-refractivity contribution in [2.45, 2.75) is 38.3 Å². The highest BCUT2D eigenvalue weighted by atomic mass is 19.1. The number of ether oxygens (including phenoxy) is 1. The summed E-state index contributed by atoms with van der Waals surface area (Å²) < 4.78 is 17.2. The van der Waals surface area contributed by atoms with E-state index in [1.165, 1.54) is 7.11 Å². The SMILES string of the molecule is COC(=O)CCCCC(F)CCO.